The van der Waals surface area contributed by atoms with Gasteiger partial charge in [0.2, 0.25) is 0 Å². The molecule has 106 valence electrons. The smallest absolute Gasteiger partial charge is 0.192 e. The number of hydrogen-bond donors (Lipinski definition) is 1. The Morgan fingerprint density at radius 1 is 1.30 bits per heavy atom. The zero-order valence-electron chi connectivity index (χ0n) is 11.9. The van der Waals surface area contributed by atoms with Crippen LogP contribution in [-0.2, 0) is 6.54 Å². The average molecular weight is 308 g/mol. The third-order valence-electron chi connectivity index (χ3n) is 2.70. The molecule has 0 aliphatic rings. The quantitative estimate of drug-likeness (QED) is 0.844. The lowest BCUT2D eigenvalue weighted by atomic mass is 10.2. The van der Waals surface area contributed by atoms with Gasteiger partial charge in [0.15, 0.2) is 5.16 Å². The summed E-state index contributed by atoms with van der Waals surface area (Å²) in [5.74, 6) is 0. The fourth-order valence-corrected chi connectivity index (χ4v) is 2.77. The molecule has 2 rings (SSSR count). The summed E-state index contributed by atoms with van der Waals surface area (Å²) in [6.07, 6.45) is 1.78. The van der Waals surface area contributed by atoms with Crippen molar-refractivity contribution in [2.75, 3.05) is 0 Å². The molecule has 0 fully saturated rings. The van der Waals surface area contributed by atoms with Crippen molar-refractivity contribution in [3.8, 4) is 0 Å². The Balaban J connectivity index is 2.21. The molecule has 0 radical (unpaired) electrons. The molecule has 0 bridgehead atoms. The largest absolute Gasteiger partial charge is 0.310 e. The Morgan fingerprint density at radius 2 is 2.10 bits per heavy atom. The molecule has 2 aromatic rings. The fourth-order valence-electron chi connectivity index (χ4n) is 1.67. The zero-order valence-corrected chi connectivity index (χ0v) is 13.4. The van der Waals surface area contributed by atoms with Crippen molar-refractivity contribution in [1.29, 1.82) is 0 Å². The second kappa shape index (κ2) is 7.07. The van der Waals surface area contributed by atoms with Gasteiger partial charge in [0.25, 0.3) is 0 Å². The second-order valence-electron chi connectivity index (χ2n) is 4.87. The van der Waals surface area contributed by atoms with Crippen molar-refractivity contribution in [1.82, 2.24) is 15.3 Å². The Morgan fingerprint density at radius 3 is 2.80 bits per heavy atom. The highest BCUT2D eigenvalue weighted by molar-refractivity contribution is 7.99. The average Bonchev–Trinajstić information content (AvgIpc) is 2.39. The SMILES string of the molecule is Cc1ccnc(Sc2ccc(Cl)cc2CNC(C)C)n1. The van der Waals surface area contributed by atoms with E-state index in [4.69, 9.17) is 11.6 Å². The van der Waals surface area contributed by atoms with Gasteiger partial charge in [-0.3, -0.25) is 0 Å². The molecule has 0 unspecified atom stereocenters. The first kappa shape index (κ1) is 15.3. The van der Waals surface area contributed by atoms with Crippen LogP contribution in [0.1, 0.15) is 25.1 Å². The number of benzene rings is 1. The molecule has 20 heavy (non-hydrogen) atoms. The van der Waals surface area contributed by atoms with Gasteiger partial charge in [-0.15, -0.1) is 0 Å². The highest BCUT2D eigenvalue weighted by Crippen LogP contribution is 2.30. The number of aryl methyl sites for hydroxylation is 1. The number of nitrogens with zero attached hydrogens (tertiary/aromatic N) is 2. The molecule has 0 spiro atoms. The van der Waals surface area contributed by atoms with Crippen molar-refractivity contribution in [2.24, 2.45) is 0 Å². The van der Waals surface area contributed by atoms with Crippen molar-refractivity contribution in [3.63, 3.8) is 0 Å². The molecule has 0 amide bonds. The minimum absolute atomic E-state index is 0.432. The van der Waals surface area contributed by atoms with Crippen molar-refractivity contribution in [2.45, 2.75) is 43.4 Å². The summed E-state index contributed by atoms with van der Waals surface area (Å²) in [5, 5.41) is 4.93. The molecule has 0 aliphatic carbocycles. The Labute approximate surface area is 129 Å². The predicted molar refractivity (Wildman–Crippen MR) is 84.3 cm³/mol. The highest BCUT2D eigenvalue weighted by Gasteiger charge is 2.08. The lowest BCUT2D eigenvalue weighted by molar-refractivity contribution is 0.584. The lowest BCUT2D eigenvalue weighted by Crippen LogP contribution is -2.22. The standard InChI is InChI=1S/C15H18ClN3S/c1-10(2)18-9-12-8-13(16)4-5-14(12)20-15-17-7-6-11(3)19-15/h4-8,10,18H,9H2,1-3H3. The maximum Gasteiger partial charge on any atom is 0.192 e. The van der Waals surface area contributed by atoms with E-state index in [1.807, 2.05) is 31.2 Å². The molecule has 1 heterocycles. The summed E-state index contributed by atoms with van der Waals surface area (Å²) in [7, 11) is 0. The summed E-state index contributed by atoms with van der Waals surface area (Å²) in [6.45, 7) is 7.00. The summed E-state index contributed by atoms with van der Waals surface area (Å²) in [4.78, 5) is 9.85. The molecule has 0 aliphatic heterocycles. The monoisotopic (exact) mass is 307 g/mol. The van der Waals surface area contributed by atoms with Gasteiger partial charge in [-0.1, -0.05) is 25.4 Å². The number of hydrogen-bond acceptors (Lipinski definition) is 4. The van der Waals surface area contributed by atoms with Crippen LogP contribution in [-0.4, -0.2) is 16.0 Å². The van der Waals surface area contributed by atoms with E-state index in [0.717, 1.165) is 27.3 Å². The summed E-state index contributed by atoms with van der Waals surface area (Å²) in [6, 6.07) is 8.25. The van der Waals surface area contributed by atoms with Gasteiger partial charge in [-0.05, 0) is 48.5 Å². The van der Waals surface area contributed by atoms with E-state index in [1.54, 1.807) is 18.0 Å². The number of halogens is 1. The Hall–Kier alpha value is -1.10. The molecule has 0 saturated carbocycles. The van der Waals surface area contributed by atoms with E-state index in [9.17, 15) is 0 Å². The van der Waals surface area contributed by atoms with Crippen LogP contribution in [0.15, 0.2) is 40.5 Å². The van der Waals surface area contributed by atoms with Gasteiger partial charge in [0.05, 0.1) is 0 Å². The Kier molecular flexibility index (Phi) is 5.40. The van der Waals surface area contributed by atoms with Crippen LogP contribution in [0.2, 0.25) is 5.02 Å². The summed E-state index contributed by atoms with van der Waals surface area (Å²) in [5.41, 5.74) is 2.14. The number of aromatic nitrogens is 2. The summed E-state index contributed by atoms with van der Waals surface area (Å²) >= 11 is 7.66. The van der Waals surface area contributed by atoms with Crippen LogP contribution >= 0.6 is 23.4 Å². The van der Waals surface area contributed by atoms with Gasteiger partial charge < -0.3 is 5.32 Å². The molecule has 3 nitrogen and oxygen atoms in total. The van der Waals surface area contributed by atoms with Gasteiger partial charge in [0, 0.05) is 34.4 Å². The van der Waals surface area contributed by atoms with E-state index in [2.05, 4.69) is 29.1 Å². The maximum absolute atomic E-state index is 6.09. The fraction of sp³-hybridized carbons (Fsp3) is 0.333. The van der Waals surface area contributed by atoms with E-state index >= 15 is 0 Å². The molecular weight excluding hydrogens is 290 g/mol. The molecule has 0 atom stereocenters. The van der Waals surface area contributed by atoms with Gasteiger partial charge >= 0.3 is 0 Å². The van der Waals surface area contributed by atoms with Crippen LogP contribution in [0.4, 0.5) is 0 Å². The molecule has 0 saturated heterocycles. The van der Waals surface area contributed by atoms with Crippen LogP contribution in [0.5, 0.6) is 0 Å². The van der Waals surface area contributed by atoms with Gasteiger partial charge in [-0.25, -0.2) is 9.97 Å². The first-order valence-corrected chi connectivity index (χ1v) is 7.73. The van der Waals surface area contributed by atoms with E-state index in [1.165, 1.54) is 5.56 Å². The normalized spacial score (nSPS) is 11.1. The molecular formula is C15H18ClN3S. The highest BCUT2D eigenvalue weighted by atomic mass is 35.5. The van der Waals surface area contributed by atoms with Gasteiger partial charge in [-0.2, -0.15) is 0 Å². The van der Waals surface area contributed by atoms with Crippen LogP contribution in [0.25, 0.3) is 0 Å². The minimum atomic E-state index is 0.432. The first-order valence-electron chi connectivity index (χ1n) is 6.54. The van der Waals surface area contributed by atoms with Crippen LogP contribution < -0.4 is 5.32 Å². The van der Waals surface area contributed by atoms with Crippen LogP contribution in [0.3, 0.4) is 0 Å². The van der Waals surface area contributed by atoms with Crippen molar-refractivity contribution in [3.05, 3.63) is 46.7 Å². The predicted octanol–water partition coefficient (Wildman–Crippen LogP) is 4.09. The number of rotatable bonds is 5. The maximum atomic E-state index is 6.09. The third-order valence-corrected chi connectivity index (χ3v) is 3.93. The number of nitrogens with one attached hydrogen (secondary N) is 1. The third kappa shape index (κ3) is 4.47. The molecule has 1 aromatic heterocycles. The molecule has 1 N–H and O–H groups in total. The van der Waals surface area contributed by atoms with Crippen molar-refractivity contribution < 1.29 is 0 Å². The second-order valence-corrected chi connectivity index (χ2v) is 6.32. The minimum Gasteiger partial charge on any atom is -0.310 e. The van der Waals surface area contributed by atoms with E-state index in [0.29, 0.717) is 6.04 Å². The van der Waals surface area contributed by atoms with E-state index < -0.39 is 0 Å². The topological polar surface area (TPSA) is 37.8 Å². The van der Waals surface area contributed by atoms with Crippen LogP contribution in [0, 0.1) is 6.92 Å². The molecule has 1 aromatic carbocycles. The molecule has 5 heteroatoms. The van der Waals surface area contributed by atoms with Gasteiger partial charge in [0.1, 0.15) is 0 Å². The zero-order chi connectivity index (χ0) is 14.5. The Bertz CT molecular complexity index is 587. The van der Waals surface area contributed by atoms with E-state index in [-0.39, 0.29) is 0 Å². The van der Waals surface area contributed by atoms with Crippen molar-refractivity contribution >= 4 is 23.4 Å². The summed E-state index contributed by atoms with van der Waals surface area (Å²) < 4.78 is 0. The first-order chi connectivity index (χ1) is 9.54. The lowest BCUT2D eigenvalue weighted by Gasteiger charge is -2.12.